The van der Waals surface area contributed by atoms with Crippen molar-refractivity contribution in [3.63, 3.8) is 0 Å². The molecular weight excluding hydrogens is 370 g/mol. The van der Waals surface area contributed by atoms with E-state index in [0.717, 1.165) is 0 Å². The van der Waals surface area contributed by atoms with Crippen LogP contribution < -0.4 is 0 Å². The molecule has 148 valence electrons. The highest BCUT2D eigenvalue weighted by Crippen LogP contribution is 2.44. The number of hydrogen-bond donors (Lipinski definition) is 1. The average molecular weight is 391 g/mol. The molecule has 29 heavy (non-hydrogen) atoms. The average Bonchev–Trinajstić information content (AvgIpc) is 3.33. The minimum Gasteiger partial charge on any atom is -0.476 e. The first-order valence-electron chi connectivity index (χ1n) is 9.36. The summed E-state index contributed by atoms with van der Waals surface area (Å²) >= 11 is 0. The second-order valence-electron chi connectivity index (χ2n) is 7.03. The molecule has 0 atom stereocenters. The zero-order chi connectivity index (χ0) is 20.4. The third kappa shape index (κ3) is 3.71. The molecule has 0 unspecified atom stereocenters. The summed E-state index contributed by atoms with van der Waals surface area (Å²) in [4.78, 5) is 28.6. The minimum atomic E-state index is -1.08. The number of aromatic nitrogens is 2. The van der Waals surface area contributed by atoms with Gasteiger partial charge in [-0.1, -0.05) is 48.5 Å². The van der Waals surface area contributed by atoms with Gasteiger partial charge < -0.3 is 19.3 Å². The van der Waals surface area contributed by atoms with Gasteiger partial charge in [-0.25, -0.2) is 14.6 Å². The number of rotatable bonds is 6. The number of carbonyl (C=O) groups excluding carboxylic acids is 1. The molecular formula is C22H21N3O4. The van der Waals surface area contributed by atoms with Gasteiger partial charge in [0, 0.05) is 32.3 Å². The van der Waals surface area contributed by atoms with Crippen LogP contribution in [0, 0.1) is 0 Å². The lowest BCUT2D eigenvalue weighted by Gasteiger charge is -2.20. The molecule has 0 fully saturated rings. The molecule has 3 aromatic rings. The highest BCUT2D eigenvalue weighted by Gasteiger charge is 2.29. The van der Waals surface area contributed by atoms with Crippen LogP contribution in [-0.4, -0.2) is 51.8 Å². The van der Waals surface area contributed by atoms with Gasteiger partial charge in [-0.3, -0.25) is 0 Å². The van der Waals surface area contributed by atoms with Gasteiger partial charge in [-0.15, -0.1) is 0 Å². The standard InChI is InChI=1S/C22H21N3O4/c1-24(10-11-25-12-20(21(26)27)23-14-25)22(28)29-13-19-17-8-4-2-6-15(17)16-7-3-5-9-18(16)19/h2-9,12,14,19H,10-11,13H2,1H3,(H,26,27). The van der Waals surface area contributed by atoms with Crippen LogP contribution in [0.5, 0.6) is 0 Å². The van der Waals surface area contributed by atoms with Gasteiger partial charge in [-0.2, -0.15) is 0 Å². The van der Waals surface area contributed by atoms with Crippen LogP contribution in [0.25, 0.3) is 11.1 Å². The fourth-order valence-corrected chi connectivity index (χ4v) is 3.65. The number of imidazole rings is 1. The lowest BCUT2D eigenvalue weighted by Crippen LogP contribution is -2.31. The number of ether oxygens (including phenoxy) is 1. The van der Waals surface area contributed by atoms with Crippen molar-refractivity contribution in [3.8, 4) is 11.1 Å². The van der Waals surface area contributed by atoms with Gasteiger partial charge in [0.05, 0.1) is 6.33 Å². The Morgan fingerprint density at radius 3 is 2.31 bits per heavy atom. The summed E-state index contributed by atoms with van der Waals surface area (Å²) in [5, 5.41) is 8.92. The van der Waals surface area contributed by atoms with Crippen molar-refractivity contribution in [2.24, 2.45) is 0 Å². The van der Waals surface area contributed by atoms with Crippen LogP contribution in [0.1, 0.15) is 27.5 Å². The Kier molecular flexibility index (Phi) is 5.03. The number of fused-ring (bicyclic) bond motifs is 3. The molecule has 1 heterocycles. The Morgan fingerprint density at radius 2 is 1.72 bits per heavy atom. The molecule has 1 amide bonds. The van der Waals surface area contributed by atoms with Crippen molar-refractivity contribution in [2.75, 3.05) is 20.2 Å². The number of aromatic carboxylic acids is 1. The molecule has 0 aliphatic heterocycles. The molecule has 0 saturated heterocycles. The Labute approximate surface area is 168 Å². The summed E-state index contributed by atoms with van der Waals surface area (Å²) < 4.78 is 7.24. The Hall–Kier alpha value is -3.61. The normalized spacial score (nSPS) is 12.3. The number of carboxylic acid groups (broad SMARTS) is 1. The van der Waals surface area contributed by atoms with Crippen molar-refractivity contribution >= 4 is 12.1 Å². The van der Waals surface area contributed by atoms with Crippen LogP contribution >= 0.6 is 0 Å². The molecule has 0 bridgehead atoms. The first-order chi connectivity index (χ1) is 14.0. The second kappa shape index (κ2) is 7.79. The number of benzene rings is 2. The van der Waals surface area contributed by atoms with Crippen LogP contribution in [-0.2, 0) is 11.3 Å². The molecule has 1 aliphatic carbocycles. The molecule has 1 N–H and O–H groups in total. The van der Waals surface area contributed by atoms with E-state index in [0.29, 0.717) is 13.1 Å². The van der Waals surface area contributed by atoms with Crippen molar-refractivity contribution in [1.29, 1.82) is 0 Å². The number of hydrogen-bond acceptors (Lipinski definition) is 4. The third-order valence-electron chi connectivity index (χ3n) is 5.19. The summed E-state index contributed by atoms with van der Waals surface area (Å²) in [5.41, 5.74) is 4.69. The third-order valence-corrected chi connectivity index (χ3v) is 5.19. The van der Waals surface area contributed by atoms with Crippen molar-refractivity contribution in [1.82, 2.24) is 14.5 Å². The summed E-state index contributed by atoms with van der Waals surface area (Å²) in [6, 6.07) is 16.4. The maximum absolute atomic E-state index is 12.4. The van der Waals surface area contributed by atoms with Crippen molar-refractivity contribution < 1.29 is 19.4 Å². The molecule has 1 aliphatic rings. The van der Waals surface area contributed by atoms with Gasteiger partial charge >= 0.3 is 12.1 Å². The van der Waals surface area contributed by atoms with Crippen molar-refractivity contribution in [2.45, 2.75) is 12.5 Å². The molecule has 2 aromatic carbocycles. The summed E-state index contributed by atoms with van der Waals surface area (Å²) in [6.45, 7) is 1.08. The minimum absolute atomic E-state index is 0.0196. The van der Waals surface area contributed by atoms with E-state index in [1.165, 1.54) is 39.7 Å². The maximum atomic E-state index is 12.4. The molecule has 1 aromatic heterocycles. The fourth-order valence-electron chi connectivity index (χ4n) is 3.65. The number of amides is 1. The van der Waals surface area contributed by atoms with Crippen LogP contribution in [0.15, 0.2) is 61.1 Å². The number of carbonyl (C=O) groups is 2. The zero-order valence-corrected chi connectivity index (χ0v) is 16.0. The smallest absolute Gasteiger partial charge is 0.409 e. The first-order valence-corrected chi connectivity index (χ1v) is 9.36. The van der Waals surface area contributed by atoms with E-state index in [4.69, 9.17) is 9.84 Å². The van der Waals surface area contributed by atoms with Gasteiger partial charge in [0.15, 0.2) is 5.69 Å². The quantitative estimate of drug-likeness (QED) is 0.696. The Bertz CT molecular complexity index is 1010. The van der Waals surface area contributed by atoms with E-state index in [9.17, 15) is 9.59 Å². The number of likely N-dealkylation sites (N-methyl/N-ethyl adjacent to an activating group) is 1. The van der Waals surface area contributed by atoms with Crippen LogP contribution in [0.4, 0.5) is 4.79 Å². The van der Waals surface area contributed by atoms with E-state index in [-0.39, 0.29) is 18.2 Å². The molecule has 0 saturated carbocycles. The van der Waals surface area contributed by atoms with Gasteiger partial charge in [-0.05, 0) is 22.3 Å². The van der Waals surface area contributed by atoms with Crippen LogP contribution in [0.2, 0.25) is 0 Å². The van der Waals surface area contributed by atoms with Crippen LogP contribution in [0.3, 0.4) is 0 Å². The van der Waals surface area contributed by atoms with E-state index in [1.54, 1.807) is 11.6 Å². The summed E-state index contributed by atoms with van der Waals surface area (Å²) in [7, 11) is 1.66. The van der Waals surface area contributed by atoms with E-state index in [2.05, 4.69) is 29.2 Å². The predicted molar refractivity (Wildman–Crippen MR) is 107 cm³/mol. The predicted octanol–water partition coefficient (Wildman–Crippen LogP) is 3.46. The second-order valence-corrected chi connectivity index (χ2v) is 7.03. The number of carboxylic acids is 1. The molecule has 7 nitrogen and oxygen atoms in total. The Balaban J connectivity index is 1.37. The highest BCUT2D eigenvalue weighted by molar-refractivity contribution is 5.84. The lowest BCUT2D eigenvalue weighted by atomic mass is 9.98. The SMILES string of the molecule is CN(CCn1cnc(C(=O)O)c1)C(=O)OCC1c2ccccc2-c2ccccc21. The summed E-state index contributed by atoms with van der Waals surface area (Å²) in [5.74, 6) is -1.06. The molecule has 0 radical (unpaired) electrons. The molecule has 0 spiro atoms. The monoisotopic (exact) mass is 391 g/mol. The van der Waals surface area contributed by atoms with E-state index < -0.39 is 12.1 Å². The maximum Gasteiger partial charge on any atom is 0.409 e. The molecule has 7 heteroatoms. The van der Waals surface area contributed by atoms with Gasteiger partial charge in [0.25, 0.3) is 0 Å². The Morgan fingerprint density at radius 1 is 1.10 bits per heavy atom. The van der Waals surface area contributed by atoms with E-state index >= 15 is 0 Å². The number of nitrogens with zero attached hydrogens (tertiary/aromatic N) is 3. The fraction of sp³-hybridized carbons (Fsp3) is 0.227. The lowest BCUT2D eigenvalue weighted by molar-refractivity contribution is 0.0690. The topological polar surface area (TPSA) is 84.7 Å². The zero-order valence-electron chi connectivity index (χ0n) is 16.0. The van der Waals surface area contributed by atoms with Gasteiger partial charge in [0.1, 0.15) is 6.61 Å². The van der Waals surface area contributed by atoms with Crippen molar-refractivity contribution in [3.05, 3.63) is 77.9 Å². The first kappa shape index (κ1) is 18.7. The largest absolute Gasteiger partial charge is 0.476 e. The molecule has 4 rings (SSSR count). The van der Waals surface area contributed by atoms with E-state index in [1.807, 2.05) is 24.3 Å². The van der Waals surface area contributed by atoms with Gasteiger partial charge in [0.2, 0.25) is 0 Å². The summed E-state index contributed by atoms with van der Waals surface area (Å²) in [6.07, 6.45) is 2.47. The highest BCUT2D eigenvalue weighted by atomic mass is 16.6.